The van der Waals surface area contributed by atoms with Gasteiger partial charge in [-0.05, 0) is 42.7 Å². The van der Waals surface area contributed by atoms with Gasteiger partial charge in [0, 0.05) is 48.8 Å². The highest BCUT2D eigenvalue weighted by Crippen LogP contribution is 2.37. The van der Waals surface area contributed by atoms with E-state index in [1.165, 1.54) is 23.5 Å². The number of carbonyl (C=O) groups excluding carboxylic acids is 1. The van der Waals surface area contributed by atoms with Crippen LogP contribution in [0.2, 0.25) is 0 Å². The third-order valence-electron chi connectivity index (χ3n) is 6.12. The average molecular weight is 538 g/mol. The van der Waals surface area contributed by atoms with Crippen molar-refractivity contribution < 1.29 is 19.0 Å². The number of rotatable bonds is 11. The smallest absolute Gasteiger partial charge is 0.319 e. The number of allylic oxidation sites excluding steroid dienone is 2. The van der Waals surface area contributed by atoms with Crippen LogP contribution in [0.3, 0.4) is 0 Å². The number of nitrogens with two attached hydrogens (primary N) is 1. The number of aliphatic hydroxyl groups excluding tert-OH is 1. The van der Waals surface area contributed by atoms with Crippen molar-refractivity contribution in [3.05, 3.63) is 77.6 Å². The fourth-order valence-electron chi connectivity index (χ4n) is 4.13. The van der Waals surface area contributed by atoms with Crippen LogP contribution in [0.4, 0.5) is 14.9 Å². The van der Waals surface area contributed by atoms with Crippen molar-refractivity contribution in [1.29, 1.82) is 0 Å². The lowest BCUT2D eigenvalue weighted by Crippen LogP contribution is -2.36. The molecule has 0 radical (unpaired) electrons. The molecule has 1 fully saturated rings. The van der Waals surface area contributed by atoms with Crippen molar-refractivity contribution in [2.75, 3.05) is 25.0 Å². The summed E-state index contributed by atoms with van der Waals surface area (Å²) in [7, 11) is 0. The van der Waals surface area contributed by atoms with Gasteiger partial charge in [0.15, 0.2) is 11.6 Å². The Morgan fingerprint density at radius 3 is 2.79 bits per heavy atom. The van der Waals surface area contributed by atoms with Gasteiger partial charge in [0.05, 0.1) is 21.7 Å². The number of thiophene rings is 1. The van der Waals surface area contributed by atoms with Crippen molar-refractivity contribution in [1.82, 2.24) is 15.6 Å². The molecule has 3 aromatic rings. The minimum atomic E-state index is -0.596. The van der Waals surface area contributed by atoms with Crippen molar-refractivity contribution in [3.63, 3.8) is 0 Å². The first kappa shape index (κ1) is 27.3. The molecule has 200 valence electrons. The van der Waals surface area contributed by atoms with E-state index in [1.807, 2.05) is 12.1 Å². The zero-order chi connectivity index (χ0) is 26.9. The minimum Gasteiger partial charge on any atom is -0.453 e. The van der Waals surface area contributed by atoms with Crippen LogP contribution in [-0.2, 0) is 0 Å². The van der Waals surface area contributed by atoms with E-state index in [0.717, 1.165) is 40.8 Å². The number of fused-ring (bicyclic) bond motifs is 1. The van der Waals surface area contributed by atoms with Crippen molar-refractivity contribution in [2.24, 2.45) is 5.73 Å². The Bertz CT molecular complexity index is 1350. The number of amides is 2. The number of nitrogens with zero attached hydrogens (tertiary/aromatic N) is 1. The molecule has 0 unspecified atom stereocenters. The van der Waals surface area contributed by atoms with Gasteiger partial charge in [-0.25, -0.2) is 9.18 Å². The Morgan fingerprint density at radius 2 is 2.05 bits per heavy atom. The molecule has 1 aliphatic rings. The highest BCUT2D eigenvalue weighted by atomic mass is 32.1. The summed E-state index contributed by atoms with van der Waals surface area (Å²) in [6, 6.07) is 7.69. The van der Waals surface area contributed by atoms with Crippen LogP contribution in [-0.4, -0.2) is 41.9 Å². The lowest BCUT2D eigenvalue weighted by atomic mass is 10.2. The molecule has 8 nitrogen and oxygen atoms in total. The molecule has 2 amide bonds. The number of anilines is 1. The van der Waals surface area contributed by atoms with Crippen LogP contribution in [0.5, 0.6) is 11.5 Å². The van der Waals surface area contributed by atoms with Crippen LogP contribution in [0.1, 0.15) is 30.6 Å². The highest BCUT2D eigenvalue weighted by molar-refractivity contribution is 7.20. The first-order chi connectivity index (χ1) is 18.5. The van der Waals surface area contributed by atoms with Gasteiger partial charge in [-0.2, -0.15) is 0 Å². The molecule has 1 aliphatic carbocycles. The molecule has 2 heterocycles. The van der Waals surface area contributed by atoms with Gasteiger partial charge in [0.1, 0.15) is 5.75 Å². The average Bonchev–Trinajstić information content (AvgIpc) is 3.58. The summed E-state index contributed by atoms with van der Waals surface area (Å²) in [6.45, 7) is 4.92. The zero-order valence-electron chi connectivity index (χ0n) is 21.0. The highest BCUT2D eigenvalue weighted by Gasteiger charge is 2.18. The van der Waals surface area contributed by atoms with E-state index in [9.17, 15) is 9.18 Å². The molecule has 1 saturated carbocycles. The maximum absolute atomic E-state index is 14.9. The molecule has 0 saturated heterocycles. The summed E-state index contributed by atoms with van der Waals surface area (Å²) in [5, 5.41) is 17.6. The van der Waals surface area contributed by atoms with E-state index < -0.39 is 5.82 Å². The molecule has 0 bridgehead atoms. The van der Waals surface area contributed by atoms with Crippen molar-refractivity contribution in [2.45, 2.75) is 31.7 Å². The Kier molecular flexibility index (Phi) is 9.47. The SMILES string of the molecule is C=C/C(=C\C=C(/N)c1cc2nccc(Oc3ccc(NC(=O)NC4CCCC4)cc3F)c2s1)CNCCO. The minimum absolute atomic E-state index is 0.0339. The van der Waals surface area contributed by atoms with Gasteiger partial charge in [-0.15, -0.1) is 11.3 Å². The molecular weight excluding hydrogens is 505 g/mol. The van der Waals surface area contributed by atoms with Crippen LogP contribution in [0.25, 0.3) is 15.9 Å². The number of aromatic nitrogens is 1. The predicted octanol–water partition coefficient (Wildman–Crippen LogP) is 5.29. The second kappa shape index (κ2) is 13.2. The van der Waals surface area contributed by atoms with E-state index in [4.69, 9.17) is 15.6 Å². The monoisotopic (exact) mass is 537 g/mol. The van der Waals surface area contributed by atoms with Crippen LogP contribution in [0, 0.1) is 5.82 Å². The first-order valence-electron chi connectivity index (χ1n) is 12.5. The third-order valence-corrected chi connectivity index (χ3v) is 7.31. The lowest BCUT2D eigenvalue weighted by Gasteiger charge is -2.13. The lowest BCUT2D eigenvalue weighted by molar-refractivity contribution is 0.248. The second-order valence-electron chi connectivity index (χ2n) is 8.93. The maximum Gasteiger partial charge on any atom is 0.319 e. The van der Waals surface area contributed by atoms with Gasteiger partial charge in [-0.3, -0.25) is 4.98 Å². The molecule has 0 spiro atoms. The van der Waals surface area contributed by atoms with E-state index in [-0.39, 0.29) is 24.4 Å². The number of aliphatic hydroxyl groups is 1. The summed E-state index contributed by atoms with van der Waals surface area (Å²) in [5.41, 5.74) is 8.81. The number of carbonyl (C=O) groups is 1. The van der Waals surface area contributed by atoms with Gasteiger partial charge in [0.25, 0.3) is 0 Å². The van der Waals surface area contributed by atoms with Crippen molar-refractivity contribution >= 4 is 39.0 Å². The van der Waals surface area contributed by atoms with E-state index in [0.29, 0.717) is 35.7 Å². The van der Waals surface area contributed by atoms with Crippen LogP contribution in [0.15, 0.2) is 66.9 Å². The summed E-state index contributed by atoms with van der Waals surface area (Å²) < 4.78 is 21.5. The molecule has 0 aliphatic heterocycles. The molecule has 38 heavy (non-hydrogen) atoms. The quantitative estimate of drug-likeness (QED) is 0.167. The Morgan fingerprint density at radius 1 is 1.24 bits per heavy atom. The first-order valence-corrected chi connectivity index (χ1v) is 13.3. The molecule has 2 aromatic heterocycles. The normalized spacial score (nSPS) is 14.6. The fraction of sp³-hybridized carbons (Fsp3) is 0.286. The second-order valence-corrected chi connectivity index (χ2v) is 9.98. The summed E-state index contributed by atoms with van der Waals surface area (Å²) >= 11 is 1.39. The van der Waals surface area contributed by atoms with E-state index >= 15 is 0 Å². The van der Waals surface area contributed by atoms with Gasteiger partial charge >= 0.3 is 6.03 Å². The number of ether oxygens (including phenoxy) is 1. The molecule has 4 rings (SSSR count). The Labute approximate surface area is 225 Å². The maximum atomic E-state index is 14.9. The number of hydrogen-bond acceptors (Lipinski definition) is 7. The molecule has 10 heteroatoms. The third kappa shape index (κ3) is 7.18. The summed E-state index contributed by atoms with van der Waals surface area (Å²) in [5.74, 6) is -0.110. The molecular formula is C28H32FN5O3S. The van der Waals surface area contributed by atoms with E-state index in [2.05, 4.69) is 27.5 Å². The van der Waals surface area contributed by atoms with Gasteiger partial charge in [-0.1, -0.05) is 31.6 Å². The fourth-order valence-corrected chi connectivity index (χ4v) is 5.13. The topological polar surface area (TPSA) is 122 Å². The summed E-state index contributed by atoms with van der Waals surface area (Å²) in [6.07, 6.45) is 11.1. The largest absolute Gasteiger partial charge is 0.453 e. The zero-order valence-corrected chi connectivity index (χ0v) is 21.8. The number of halogens is 1. The molecule has 1 aromatic carbocycles. The number of urea groups is 1. The Balaban J connectivity index is 1.46. The van der Waals surface area contributed by atoms with Crippen LogP contribution < -0.4 is 26.4 Å². The summed E-state index contributed by atoms with van der Waals surface area (Å²) in [4.78, 5) is 17.4. The van der Waals surface area contributed by atoms with Gasteiger partial charge in [0.2, 0.25) is 0 Å². The standard InChI is InChI=1S/C28H32FN5O3S/c1-2-18(17-31-13-14-35)7-9-22(30)26-16-23-27(38-26)25(11-12-32-23)37-24-10-8-20(15-21(24)29)34-28(36)33-19-5-3-4-6-19/h2,7-12,15-16,19,31,35H,1,3-6,13-14,17,30H2,(H2,33,34,36)/b18-7+,22-9-. The van der Waals surface area contributed by atoms with Crippen LogP contribution >= 0.6 is 11.3 Å². The van der Waals surface area contributed by atoms with Gasteiger partial charge < -0.3 is 31.5 Å². The molecule has 6 N–H and O–H groups in total. The number of hydrogen-bond donors (Lipinski definition) is 5. The predicted molar refractivity (Wildman–Crippen MR) is 151 cm³/mol. The van der Waals surface area contributed by atoms with E-state index in [1.54, 1.807) is 30.5 Å². The number of pyridine rings is 1. The molecule has 0 atom stereocenters. The number of nitrogens with one attached hydrogen (secondary N) is 3. The van der Waals surface area contributed by atoms with Crippen molar-refractivity contribution in [3.8, 4) is 11.5 Å². The Hall–Kier alpha value is -3.73. The number of benzene rings is 1.